The van der Waals surface area contributed by atoms with E-state index in [1.165, 1.54) is 5.56 Å². The Bertz CT molecular complexity index is 603. The van der Waals surface area contributed by atoms with Crippen LogP contribution in [0.4, 0.5) is 0 Å². The Hall–Kier alpha value is -1.90. The molecule has 0 atom stereocenters. The molecule has 0 fully saturated rings. The Balaban J connectivity index is 2.85. The van der Waals surface area contributed by atoms with E-state index in [9.17, 15) is 5.11 Å². The quantitative estimate of drug-likeness (QED) is 0.911. The van der Waals surface area contributed by atoms with Gasteiger partial charge >= 0.3 is 0 Å². The summed E-state index contributed by atoms with van der Waals surface area (Å²) in [6, 6.07) is 5.86. The molecule has 2 aromatic carbocycles. The van der Waals surface area contributed by atoms with Gasteiger partial charge < -0.3 is 14.6 Å². The normalized spacial score (nSPS) is 10.7. The molecular weight excluding hydrogens is 240 g/mol. The van der Waals surface area contributed by atoms with E-state index in [0.29, 0.717) is 17.2 Å². The second kappa shape index (κ2) is 5.39. The van der Waals surface area contributed by atoms with E-state index in [1.54, 1.807) is 14.2 Å². The summed E-state index contributed by atoms with van der Waals surface area (Å²) in [6.45, 7) is 4.16. The summed E-state index contributed by atoms with van der Waals surface area (Å²) in [5, 5.41) is 12.2. The minimum Gasteiger partial charge on any atom is -0.507 e. The molecule has 3 heteroatoms. The molecule has 0 saturated carbocycles. The van der Waals surface area contributed by atoms with Crippen molar-refractivity contribution in [1.82, 2.24) is 0 Å². The molecule has 0 amide bonds. The minimum absolute atomic E-state index is 0.343. The highest BCUT2D eigenvalue weighted by Crippen LogP contribution is 2.39. The van der Waals surface area contributed by atoms with E-state index in [4.69, 9.17) is 9.47 Å². The first kappa shape index (κ1) is 13.5. The van der Waals surface area contributed by atoms with Gasteiger partial charge in [0.25, 0.3) is 0 Å². The molecule has 19 heavy (non-hydrogen) atoms. The third kappa shape index (κ3) is 2.21. The Kier molecular flexibility index (Phi) is 3.84. The number of aromatic hydroxyl groups is 1. The van der Waals surface area contributed by atoms with Crippen molar-refractivity contribution in [3.05, 3.63) is 29.3 Å². The monoisotopic (exact) mass is 260 g/mol. The molecule has 1 N–H and O–H groups in total. The lowest BCUT2D eigenvalue weighted by atomic mass is 9.96. The van der Waals surface area contributed by atoms with Crippen LogP contribution < -0.4 is 9.47 Å². The maximum Gasteiger partial charge on any atom is 0.161 e. The first-order valence-electron chi connectivity index (χ1n) is 6.55. The number of aryl methyl sites for hydroxylation is 2. The number of hydrogen-bond donors (Lipinski definition) is 1. The number of hydrogen-bond acceptors (Lipinski definition) is 3. The molecule has 0 aliphatic carbocycles. The third-order valence-electron chi connectivity index (χ3n) is 3.54. The molecule has 0 aliphatic rings. The molecule has 0 bridgehead atoms. The summed E-state index contributed by atoms with van der Waals surface area (Å²) in [6.07, 6.45) is 1.72. The fraction of sp³-hybridized carbons (Fsp3) is 0.375. The Morgan fingerprint density at radius 1 is 0.842 bits per heavy atom. The van der Waals surface area contributed by atoms with Crippen molar-refractivity contribution < 1.29 is 14.6 Å². The van der Waals surface area contributed by atoms with Crippen LogP contribution in [0.5, 0.6) is 17.2 Å². The average molecular weight is 260 g/mol. The zero-order chi connectivity index (χ0) is 14.0. The second-order valence-electron chi connectivity index (χ2n) is 4.50. The Labute approximate surface area is 113 Å². The van der Waals surface area contributed by atoms with Crippen molar-refractivity contribution in [2.24, 2.45) is 0 Å². The van der Waals surface area contributed by atoms with Crippen LogP contribution in [0.3, 0.4) is 0 Å². The SMILES string of the molecule is CCc1cc(CC)c2cc(OC)c(OC)cc2c1O. The molecule has 0 heterocycles. The molecule has 0 unspecified atom stereocenters. The van der Waals surface area contributed by atoms with Crippen LogP contribution in [0.25, 0.3) is 10.8 Å². The third-order valence-corrected chi connectivity index (χ3v) is 3.54. The number of fused-ring (bicyclic) bond motifs is 1. The highest BCUT2D eigenvalue weighted by Gasteiger charge is 2.14. The molecule has 0 saturated heterocycles. The maximum atomic E-state index is 10.4. The summed E-state index contributed by atoms with van der Waals surface area (Å²) in [7, 11) is 3.22. The van der Waals surface area contributed by atoms with Crippen LogP contribution in [0.15, 0.2) is 18.2 Å². The van der Waals surface area contributed by atoms with Crippen LogP contribution in [0.1, 0.15) is 25.0 Å². The topological polar surface area (TPSA) is 38.7 Å². The van der Waals surface area contributed by atoms with Gasteiger partial charge in [0.15, 0.2) is 11.5 Å². The zero-order valence-electron chi connectivity index (χ0n) is 11.9. The van der Waals surface area contributed by atoms with Gasteiger partial charge in [0.2, 0.25) is 0 Å². The predicted molar refractivity (Wildman–Crippen MR) is 77.5 cm³/mol. The van der Waals surface area contributed by atoms with Crippen molar-refractivity contribution in [3.8, 4) is 17.2 Å². The van der Waals surface area contributed by atoms with Gasteiger partial charge in [-0.15, -0.1) is 0 Å². The summed E-state index contributed by atoms with van der Waals surface area (Å²) in [4.78, 5) is 0. The van der Waals surface area contributed by atoms with Crippen molar-refractivity contribution in [2.75, 3.05) is 14.2 Å². The lowest BCUT2D eigenvalue weighted by Gasteiger charge is -2.14. The van der Waals surface area contributed by atoms with Crippen LogP contribution in [0, 0.1) is 0 Å². The maximum absolute atomic E-state index is 10.4. The lowest BCUT2D eigenvalue weighted by Crippen LogP contribution is -1.95. The van der Waals surface area contributed by atoms with E-state index >= 15 is 0 Å². The molecular formula is C16H20O3. The van der Waals surface area contributed by atoms with Crippen LogP contribution >= 0.6 is 0 Å². The van der Waals surface area contributed by atoms with Gasteiger partial charge in [-0.25, -0.2) is 0 Å². The van der Waals surface area contributed by atoms with Gasteiger partial charge in [0.1, 0.15) is 5.75 Å². The van der Waals surface area contributed by atoms with Gasteiger partial charge in [-0.3, -0.25) is 0 Å². The number of phenols is 1. The van der Waals surface area contributed by atoms with Crippen LogP contribution in [-0.4, -0.2) is 19.3 Å². The Morgan fingerprint density at radius 3 is 1.84 bits per heavy atom. The largest absolute Gasteiger partial charge is 0.507 e. The fourth-order valence-corrected chi connectivity index (χ4v) is 2.43. The minimum atomic E-state index is 0.343. The van der Waals surface area contributed by atoms with E-state index in [1.807, 2.05) is 19.1 Å². The zero-order valence-corrected chi connectivity index (χ0v) is 11.9. The molecule has 0 aromatic heterocycles. The van der Waals surface area contributed by atoms with Crippen LogP contribution in [-0.2, 0) is 12.8 Å². The summed E-state index contributed by atoms with van der Waals surface area (Å²) < 4.78 is 10.6. The smallest absolute Gasteiger partial charge is 0.161 e. The summed E-state index contributed by atoms with van der Waals surface area (Å²) in [5.74, 6) is 1.67. The molecule has 2 aromatic rings. The number of benzene rings is 2. The lowest BCUT2D eigenvalue weighted by molar-refractivity contribution is 0.355. The van der Waals surface area contributed by atoms with Crippen molar-refractivity contribution in [3.63, 3.8) is 0 Å². The average Bonchev–Trinajstić information content (AvgIpc) is 2.46. The van der Waals surface area contributed by atoms with Crippen molar-refractivity contribution >= 4 is 10.8 Å². The number of phenolic OH excluding ortho intramolecular Hbond substituents is 1. The summed E-state index contributed by atoms with van der Waals surface area (Å²) in [5.41, 5.74) is 2.18. The van der Waals surface area contributed by atoms with E-state index < -0.39 is 0 Å². The predicted octanol–water partition coefficient (Wildman–Crippen LogP) is 3.69. The number of ether oxygens (including phenoxy) is 2. The van der Waals surface area contributed by atoms with E-state index in [2.05, 4.69) is 13.0 Å². The van der Waals surface area contributed by atoms with E-state index in [0.717, 1.165) is 29.2 Å². The van der Waals surface area contributed by atoms with Gasteiger partial charge in [-0.1, -0.05) is 19.9 Å². The molecule has 0 radical (unpaired) electrons. The molecule has 0 aliphatic heterocycles. The van der Waals surface area contributed by atoms with E-state index in [-0.39, 0.29) is 0 Å². The number of methoxy groups -OCH3 is 2. The standard InChI is InChI=1S/C16H20O3/c1-5-10-7-11(6-2)16(17)13-9-15(19-4)14(18-3)8-12(10)13/h7-9,17H,5-6H2,1-4H3. The molecule has 2 rings (SSSR count). The van der Waals surface area contributed by atoms with Gasteiger partial charge in [-0.05, 0) is 41.5 Å². The molecule has 0 spiro atoms. The van der Waals surface area contributed by atoms with Crippen molar-refractivity contribution in [1.29, 1.82) is 0 Å². The summed E-state index contributed by atoms with van der Waals surface area (Å²) >= 11 is 0. The van der Waals surface area contributed by atoms with Gasteiger partial charge in [-0.2, -0.15) is 0 Å². The molecule has 102 valence electrons. The first-order valence-corrected chi connectivity index (χ1v) is 6.55. The fourth-order valence-electron chi connectivity index (χ4n) is 2.43. The highest BCUT2D eigenvalue weighted by molar-refractivity contribution is 5.94. The van der Waals surface area contributed by atoms with Crippen LogP contribution in [0.2, 0.25) is 0 Å². The number of rotatable bonds is 4. The van der Waals surface area contributed by atoms with Gasteiger partial charge in [0.05, 0.1) is 14.2 Å². The first-order chi connectivity index (χ1) is 9.15. The Morgan fingerprint density at radius 2 is 1.37 bits per heavy atom. The molecule has 3 nitrogen and oxygen atoms in total. The van der Waals surface area contributed by atoms with Gasteiger partial charge in [0, 0.05) is 5.39 Å². The van der Waals surface area contributed by atoms with Crippen molar-refractivity contribution in [2.45, 2.75) is 26.7 Å². The second-order valence-corrected chi connectivity index (χ2v) is 4.50. The highest BCUT2D eigenvalue weighted by atomic mass is 16.5.